The first kappa shape index (κ1) is 9.93. The number of hydrogen-bond donors (Lipinski definition) is 1. The summed E-state index contributed by atoms with van der Waals surface area (Å²) in [7, 11) is 0. The van der Waals surface area contributed by atoms with Crippen LogP contribution in [0.1, 0.15) is 22.8 Å². The lowest BCUT2D eigenvalue weighted by Crippen LogP contribution is -2.05. The summed E-state index contributed by atoms with van der Waals surface area (Å²) in [6.07, 6.45) is 3.93. The van der Waals surface area contributed by atoms with E-state index < -0.39 is 5.97 Å². The highest BCUT2D eigenvalue weighted by Crippen LogP contribution is 2.40. The van der Waals surface area contributed by atoms with Gasteiger partial charge in [-0.2, -0.15) is 0 Å². The molecule has 15 heavy (non-hydrogen) atoms. The zero-order chi connectivity index (χ0) is 10.9. The summed E-state index contributed by atoms with van der Waals surface area (Å²) in [6, 6.07) is 6.81. The molecule has 0 radical (unpaired) electrons. The molecule has 1 unspecified atom stereocenters. The van der Waals surface area contributed by atoms with Gasteiger partial charge in [-0.15, -0.1) is 0 Å². The van der Waals surface area contributed by atoms with Crippen LogP contribution in [0.15, 0.2) is 36.4 Å². The van der Waals surface area contributed by atoms with E-state index in [0.717, 1.165) is 5.56 Å². The molecule has 1 heterocycles. The molecule has 1 aliphatic rings. The minimum atomic E-state index is -0.904. The van der Waals surface area contributed by atoms with Crippen LogP contribution in [0.3, 0.4) is 0 Å². The van der Waals surface area contributed by atoms with Gasteiger partial charge in [0.15, 0.2) is 0 Å². The Hall–Kier alpha value is -1.61. The number of allylic oxidation sites excluding steroid dienone is 1. The van der Waals surface area contributed by atoms with E-state index in [1.54, 1.807) is 24.3 Å². The van der Waals surface area contributed by atoms with Crippen LogP contribution in [-0.4, -0.2) is 17.7 Å². The minimum absolute atomic E-state index is 0.300. The monoisotopic (exact) mass is 204 g/mol. The summed E-state index contributed by atoms with van der Waals surface area (Å²) in [5.74, 6) is -0.904. The second-order valence-electron chi connectivity index (χ2n) is 3.56. The molecule has 3 heteroatoms. The number of aromatic carboxylic acids is 1. The average molecular weight is 204 g/mol. The number of epoxide rings is 1. The van der Waals surface area contributed by atoms with Crippen molar-refractivity contribution in [2.24, 2.45) is 0 Å². The lowest BCUT2D eigenvalue weighted by atomic mass is 9.98. The number of benzene rings is 1. The summed E-state index contributed by atoms with van der Waals surface area (Å²) in [5.41, 5.74) is 1.01. The SMILES string of the molecule is CC=CC1(c2ccc(C(=O)O)cc2)CO1. The molecule has 0 spiro atoms. The van der Waals surface area contributed by atoms with Gasteiger partial charge in [-0.25, -0.2) is 4.79 Å². The third-order valence-corrected chi connectivity index (χ3v) is 2.51. The van der Waals surface area contributed by atoms with Gasteiger partial charge in [0, 0.05) is 0 Å². The summed E-state index contributed by atoms with van der Waals surface area (Å²) in [4.78, 5) is 10.7. The van der Waals surface area contributed by atoms with Crippen molar-refractivity contribution in [2.75, 3.05) is 6.61 Å². The predicted molar refractivity (Wildman–Crippen MR) is 55.8 cm³/mol. The second-order valence-corrected chi connectivity index (χ2v) is 3.56. The Morgan fingerprint density at radius 2 is 2.07 bits per heavy atom. The Bertz CT molecular complexity index is 399. The van der Waals surface area contributed by atoms with E-state index in [1.165, 1.54) is 0 Å². The topological polar surface area (TPSA) is 49.8 Å². The number of hydrogen-bond acceptors (Lipinski definition) is 2. The fraction of sp³-hybridized carbons (Fsp3) is 0.250. The van der Waals surface area contributed by atoms with Crippen LogP contribution in [0.4, 0.5) is 0 Å². The highest BCUT2D eigenvalue weighted by Gasteiger charge is 2.43. The molecule has 78 valence electrons. The smallest absolute Gasteiger partial charge is 0.335 e. The predicted octanol–water partition coefficient (Wildman–Crippen LogP) is 2.19. The van der Waals surface area contributed by atoms with Crippen LogP contribution in [0, 0.1) is 0 Å². The molecule has 0 bridgehead atoms. The molecule has 1 fully saturated rings. The van der Waals surface area contributed by atoms with E-state index in [4.69, 9.17) is 9.84 Å². The summed E-state index contributed by atoms with van der Waals surface area (Å²) in [6.45, 7) is 2.61. The standard InChI is InChI=1S/C12H12O3/c1-2-7-12(8-15-12)10-5-3-9(4-6-10)11(13)14/h2-7H,8H2,1H3,(H,13,14). The molecule has 0 aromatic heterocycles. The normalized spacial score (nSPS) is 24.3. The largest absolute Gasteiger partial charge is 0.478 e. The van der Waals surface area contributed by atoms with Gasteiger partial charge in [0.25, 0.3) is 0 Å². The van der Waals surface area contributed by atoms with Crippen molar-refractivity contribution >= 4 is 5.97 Å². The Kier molecular flexibility index (Phi) is 2.32. The van der Waals surface area contributed by atoms with Crippen LogP contribution in [0.25, 0.3) is 0 Å². The molecule has 0 aliphatic carbocycles. The summed E-state index contributed by atoms with van der Waals surface area (Å²) >= 11 is 0. The molecule has 3 nitrogen and oxygen atoms in total. The van der Waals surface area contributed by atoms with E-state index in [2.05, 4.69) is 0 Å². The van der Waals surface area contributed by atoms with Crippen molar-refractivity contribution < 1.29 is 14.6 Å². The molecule has 1 aliphatic heterocycles. The first-order chi connectivity index (χ1) is 7.18. The number of carbonyl (C=O) groups is 1. The van der Waals surface area contributed by atoms with Gasteiger partial charge in [-0.05, 0) is 24.6 Å². The van der Waals surface area contributed by atoms with Crippen molar-refractivity contribution in [3.63, 3.8) is 0 Å². The lowest BCUT2D eigenvalue weighted by molar-refractivity contribution is 0.0697. The van der Waals surface area contributed by atoms with Crippen molar-refractivity contribution in [1.29, 1.82) is 0 Å². The zero-order valence-electron chi connectivity index (χ0n) is 8.43. The quantitative estimate of drug-likeness (QED) is 0.606. The average Bonchev–Trinajstić information content (AvgIpc) is 3.00. The van der Waals surface area contributed by atoms with E-state index in [0.29, 0.717) is 12.2 Å². The van der Waals surface area contributed by atoms with E-state index in [9.17, 15) is 4.79 Å². The van der Waals surface area contributed by atoms with Crippen molar-refractivity contribution in [3.05, 3.63) is 47.5 Å². The zero-order valence-corrected chi connectivity index (χ0v) is 8.43. The van der Waals surface area contributed by atoms with Crippen molar-refractivity contribution in [2.45, 2.75) is 12.5 Å². The van der Waals surface area contributed by atoms with Gasteiger partial charge in [0.2, 0.25) is 0 Å². The van der Waals surface area contributed by atoms with Crippen molar-refractivity contribution in [3.8, 4) is 0 Å². The van der Waals surface area contributed by atoms with E-state index in [1.807, 2.05) is 19.1 Å². The minimum Gasteiger partial charge on any atom is -0.478 e. The summed E-state index contributed by atoms with van der Waals surface area (Å²) < 4.78 is 5.39. The van der Waals surface area contributed by atoms with Gasteiger partial charge < -0.3 is 9.84 Å². The van der Waals surface area contributed by atoms with Gasteiger partial charge >= 0.3 is 5.97 Å². The van der Waals surface area contributed by atoms with E-state index in [-0.39, 0.29) is 5.60 Å². The molecule has 1 atom stereocenters. The van der Waals surface area contributed by atoms with Gasteiger partial charge in [-0.3, -0.25) is 0 Å². The highest BCUT2D eigenvalue weighted by molar-refractivity contribution is 5.87. The van der Waals surface area contributed by atoms with E-state index >= 15 is 0 Å². The van der Waals surface area contributed by atoms with Gasteiger partial charge in [-0.1, -0.05) is 24.3 Å². The molecule has 0 amide bonds. The molecular weight excluding hydrogens is 192 g/mol. The maximum Gasteiger partial charge on any atom is 0.335 e. The van der Waals surface area contributed by atoms with Crippen molar-refractivity contribution in [1.82, 2.24) is 0 Å². The van der Waals surface area contributed by atoms with Crippen LogP contribution >= 0.6 is 0 Å². The third kappa shape index (κ3) is 1.78. The van der Waals surface area contributed by atoms with Crippen LogP contribution < -0.4 is 0 Å². The van der Waals surface area contributed by atoms with Crippen LogP contribution in [-0.2, 0) is 10.3 Å². The summed E-state index contributed by atoms with van der Waals surface area (Å²) in [5, 5.41) is 8.75. The first-order valence-corrected chi connectivity index (χ1v) is 4.79. The Labute approximate surface area is 88.0 Å². The first-order valence-electron chi connectivity index (χ1n) is 4.79. The second kappa shape index (κ2) is 3.51. The number of ether oxygens (including phenoxy) is 1. The molecule has 1 saturated heterocycles. The Morgan fingerprint density at radius 3 is 2.47 bits per heavy atom. The fourth-order valence-electron chi connectivity index (χ4n) is 1.60. The van der Waals surface area contributed by atoms with Gasteiger partial charge in [0.05, 0.1) is 12.2 Å². The number of rotatable bonds is 3. The third-order valence-electron chi connectivity index (χ3n) is 2.51. The lowest BCUT2D eigenvalue weighted by Gasteiger charge is -2.06. The molecule has 1 N–H and O–H groups in total. The van der Waals surface area contributed by atoms with Crippen LogP contribution in [0.5, 0.6) is 0 Å². The maximum atomic E-state index is 10.7. The molecule has 1 aromatic rings. The Morgan fingerprint density at radius 1 is 1.47 bits per heavy atom. The number of carboxylic acid groups (broad SMARTS) is 1. The molecule has 1 aromatic carbocycles. The maximum absolute atomic E-state index is 10.7. The number of carboxylic acids is 1. The Balaban J connectivity index is 2.28. The van der Waals surface area contributed by atoms with Crippen LogP contribution in [0.2, 0.25) is 0 Å². The molecular formula is C12H12O3. The molecule has 0 saturated carbocycles. The van der Waals surface area contributed by atoms with Gasteiger partial charge in [0.1, 0.15) is 5.60 Å². The fourth-order valence-corrected chi connectivity index (χ4v) is 1.60. The molecule has 2 rings (SSSR count). The highest BCUT2D eigenvalue weighted by atomic mass is 16.6.